The zero-order valence-corrected chi connectivity index (χ0v) is 11.1. The van der Waals surface area contributed by atoms with Crippen molar-refractivity contribution in [2.24, 2.45) is 7.05 Å². The average molecular weight is 245 g/mol. The van der Waals surface area contributed by atoms with Gasteiger partial charge in [-0.2, -0.15) is 5.10 Å². The molecular formula is C14H19N3O. The van der Waals surface area contributed by atoms with Crippen LogP contribution in [0.3, 0.4) is 0 Å². The second-order valence-corrected chi connectivity index (χ2v) is 4.38. The van der Waals surface area contributed by atoms with Gasteiger partial charge < -0.3 is 10.1 Å². The third kappa shape index (κ3) is 3.03. The van der Waals surface area contributed by atoms with Gasteiger partial charge in [0.15, 0.2) is 0 Å². The van der Waals surface area contributed by atoms with Crippen LogP contribution in [0.25, 0.3) is 0 Å². The second kappa shape index (κ2) is 5.58. The summed E-state index contributed by atoms with van der Waals surface area (Å²) in [6, 6.07) is 6.12. The maximum Gasteiger partial charge on any atom is 0.121 e. The van der Waals surface area contributed by atoms with E-state index in [9.17, 15) is 0 Å². The molecule has 0 spiro atoms. The summed E-state index contributed by atoms with van der Waals surface area (Å²) in [5.41, 5.74) is 3.51. The van der Waals surface area contributed by atoms with Crippen LogP contribution in [-0.2, 0) is 13.5 Å². The molecule has 0 bridgehead atoms. The largest absolute Gasteiger partial charge is 0.496 e. The van der Waals surface area contributed by atoms with Crippen molar-refractivity contribution in [2.45, 2.75) is 13.3 Å². The van der Waals surface area contributed by atoms with Gasteiger partial charge in [0.1, 0.15) is 5.75 Å². The maximum atomic E-state index is 5.24. The monoisotopic (exact) mass is 245 g/mol. The summed E-state index contributed by atoms with van der Waals surface area (Å²) < 4.78 is 7.06. The zero-order chi connectivity index (χ0) is 13.0. The first-order valence-corrected chi connectivity index (χ1v) is 6.05. The van der Waals surface area contributed by atoms with Crippen LogP contribution < -0.4 is 10.1 Å². The third-order valence-electron chi connectivity index (χ3n) is 2.90. The molecule has 1 N–H and O–H groups in total. The fourth-order valence-electron chi connectivity index (χ4n) is 1.94. The van der Waals surface area contributed by atoms with Crippen LogP contribution in [0.15, 0.2) is 30.6 Å². The fourth-order valence-corrected chi connectivity index (χ4v) is 1.94. The number of hydrogen-bond acceptors (Lipinski definition) is 3. The average Bonchev–Trinajstić information content (AvgIpc) is 2.75. The quantitative estimate of drug-likeness (QED) is 0.879. The van der Waals surface area contributed by atoms with E-state index in [-0.39, 0.29) is 0 Å². The van der Waals surface area contributed by atoms with Gasteiger partial charge in [-0.25, -0.2) is 0 Å². The Hall–Kier alpha value is -1.97. The number of aromatic nitrogens is 2. The Morgan fingerprint density at radius 1 is 1.39 bits per heavy atom. The molecule has 18 heavy (non-hydrogen) atoms. The molecule has 1 aromatic heterocycles. The van der Waals surface area contributed by atoms with Crippen molar-refractivity contribution < 1.29 is 4.74 Å². The Kier molecular flexibility index (Phi) is 3.87. The lowest BCUT2D eigenvalue weighted by atomic mass is 10.2. The maximum absolute atomic E-state index is 5.24. The Bertz CT molecular complexity index is 520. The standard InChI is InChI=1S/C14H19N3O/c1-11-8-13(4-5-14(11)18-3)15-7-6-12-9-16-17(2)10-12/h4-5,8-10,15H,6-7H2,1-3H3. The van der Waals surface area contributed by atoms with Gasteiger partial charge >= 0.3 is 0 Å². The summed E-state index contributed by atoms with van der Waals surface area (Å²) in [6.45, 7) is 2.95. The molecular weight excluding hydrogens is 226 g/mol. The number of hydrogen-bond donors (Lipinski definition) is 1. The van der Waals surface area contributed by atoms with Crippen LogP contribution in [0.5, 0.6) is 5.75 Å². The van der Waals surface area contributed by atoms with Crippen LogP contribution in [0.1, 0.15) is 11.1 Å². The van der Waals surface area contributed by atoms with Gasteiger partial charge in [0.25, 0.3) is 0 Å². The molecule has 0 amide bonds. The van der Waals surface area contributed by atoms with Crippen molar-refractivity contribution in [3.05, 3.63) is 41.7 Å². The molecule has 0 aliphatic heterocycles. The minimum Gasteiger partial charge on any atom is -0.496 e. The van der Waals surface area contributed by atoms with Gasteiger partial charge in [-0.1, -0.05) is 0 Å². The lowest BCUT2D eigenvalue weighted by Gasteiger charge is -2.09. The van der Waals surface area contributed by atoms with Crippen LogP contribution >= 0.6 is 0 Å². The number of aryl methyl sites for hydroxylation is 2. The van der Waals surface area contributed by atoms with E-state index in [4.69, 9.17) is 4.74 Å². The van der Waals surface area contributed by atoms with Crippen LogP contribution in [-0.4, -0.2) is 23.4 Å². The number of nitrogens with one attached hydrogen (secondary N) is 1. The SMILES string of the molecule is COc1ccc(NCCc2cnn(C)c2)cc1C. The van der Waals surface area contributed by atoms with Crippen molar-refractivity contribution in [2.75, 3.05) is 19.0 Å². The van der Waals surface area contributed by atoms with E-state index in [0.717, 1.165) is 30.0 Å². The second-order valence-electron chi connectivity index (χ2n) is 4.38. The number of ether oxygens (including phenoxy) is 1. The molecule has 2 rings (SSSR count). The molecule has 4 heteroatoms. The number of nitrogens with zero attached hydrogens (tertiary/aromatic N) is 2. The van der Waals surface area contributed by atoms with E-state index >= 15 is 0 Å². The summed E-state index contributed by atoms with van der Waals surface area (Å²) in [4.78, 5) is 0. The number of anilines is 1. The minimum atomic E-state index is 0.900. The fraction of sp³-hybridized carbons (Fsp3) is 0.357. The molecule has 96 valence electrons. The van der Waals surface area contributed by atoms with Crippen LogP contribution in [0.2, 0.25) is 0 Å². The van der Waals surface area contributed by atoms with Crippen molar-refractivity contribution in [1.29, 1.82) is 0 Å². The first kappa shape index (κ1) is 12.5. The number of methoxy groups -OCH3 is 1. The highest BCUT2D eigenvalue weighted by Crippen LogP contribution is 2.21. The smallest absolute Gasteiger partial charge is 0.121 e. The first-order valence-electron chi connectivity index (χ1n) is 6.05. The molecule has 0 saturated carbocycles. The van der Waals surface area contributed by atoms with Gasteiger partial charge in [0, 0.05) is 25.5 Å². The van der Waals surface area contributed by atoms with Gasteiger partial charge in [-0.05, 0) is 42.7 Å². The summed E-state index contributed by atoms with van der Waals surface area (Å²) in [5.74, 6) is 0.924. The Labute approximate surface area is 108 Å². The molecule has 0 fully saturated rings. The van der Waals surface area contributed by atoms with E-state index in [0.29, 0.717) is 0 Å². The Morgan fingerprint density at radius 2 is 2.22 bits per heavy atom. The molecule has 0 aliphatic carbocycles. The van der Waals surface area contributed by atoms with E-state index in [1.807, 2.05) is 43.2 Å². The zero-order valence-electron chi connectivity index (χ0n) is 11.1. The van der Waals surface area contributed by atoms with E-state index in [1.54, 1.807) is 7.11 Å². The van der Waals surface area contributed by atoms with Gasteiger partial charge in [0.2, 0.25) is 0 Å². The molecule has 0 unspecified atom stereocenters. The molecule has 4 nitrogen and oxygen atoms in total. The number of benzene rings is 1. The van der Waals surface area contributed by atoms with Gasteiger partial charge in [-0.3, -0.25) is 4.68 Å². The lowest BCUT2D eigenvalue weighted by molar-refractivity contribution is 0.412. The van der Waals surface area contributed by atoms with E-state index in [2.05, 4.69) is 16.5 Å². The summed E-state index contributed by atoms with van der Waals surface area (Å²) >= 11 is 0. The van der Waals surface area contributed by atoms with Crippen LogP contribution in [0, 0.1) is 6.92 Å². The lowest BCUT2D eigenvalue weighted by Crippen LogP contribution is -2.04. The van der Waals surface area contributed by atoms with Gasteiger partial charge in [-0.15, -0.1) is 0 Å². The molecule has 0 saturated heterocycles. The molecule has 0 aliphatic rings. The highest BCUT2D eigenvalue weighted by atomic mass is 16.5. The number of rotatable bonds is 5. The molecule has 0 atom stereocenters. The van der Waals surface area contributed by atoms with Crippen molar-refractivity contribution in [1.82, 2.24) is 9.78 Å². The summed E-state index contributed by atoms with van der Waals surface area (Å²) in [7, 11) is 3.63. The van der Waals surface area contributed by atoms with Crippen molar-refractivity contribution >= 4 is 5.69 Å². The Morgan fingerprint density at radius 3 is 2.83 bits per heavy atom. The normalized spacial score (nSPS) is 10.4. The highest BCUT2D eigenvalue weighted by Gasteiger charge is 2.00. The molecule has 1 aromatic carbocycles. The molecule has 1 heterocycles. The molecule has 2 aromatic rings. The predicted octanol–water partition coefficient (Wildman–Crippen LogP) is 2.39. The van der Waals surface area contributed by atoms with Crippen LogP contribution in [0.4, 0.5) is 5.69 Å². The minimum absolute atomic E-state index is 0.900. The Balaban J connectivity index is 1.88. The van der Waals surface area contributed by atoms with Crippen molar-refractivity contribution in [3.63, 3.8) is 0 Å². The first-order chi connectivity index (χ1) is 8.69. The van der Waals surface area contributed by atoms with Crippen molar-refractivity contribution in [3.8, 4) is 5.75 Å². The third-order valence-corrected chi connectivity index (χ3v) is 2.90. The van der Waals surface area contributed by atoms with E-state index in [1.165, 1.54) is 5.56 Å². The molecule has 0 radical (unpaired) electrons. The van der Waals surface area contributed by atoms with E-state index < -0.39 is 0 Å². The summed E-state index contributed by atoms with van der Waals surface area (Å²) in [5, 5.41) is 7.55. The highest BCUT2D eigenvalue weighted by molar-refractivity contribution is 5.50. The predicted molar refractivity (Wildman–Crippen MR) is 73.1 cm³/mol. The topological polar surface area (TPSA) is 39.1 Å². The van der Waals surface area contributed by atoms with Gasteiger partial charge in [0.05, 0.1) is 13.3 Å². The summed E-state index contributed by atoms with van der Waals surface area (Å²) in [6.07, 6.45) is 4.92.